The third-order valence-electron chi connectivity index (χ3n) is 7.88. The van der Waals surface area contributed by atoms with Gasteiger partial charge in [-0.25, -0.2) is 19.7 Å². The summed E-state index contributed by atoms with van der Waals surface area (Å²) in [5.41, 5.74) is 8.31. The lowest BCUT2D eigenvalue weighted by atomic mass is 9.99. The maximum atomic E-state index is 13.1. The van der Waals surface area contributed by atoms with Crippen molar-refractivity contribution in [1.29, 1.82) is 0 Å². The summed E-state index contributed by atoms with van der Waals surface area (Å²) < 4.78 is 10.9. The van der Waals surface area contributed by atoms with E-state index in [-0.39, 0.29) is 23.6 Å². The summed E-state index contributed by atoms with van der Waals surface area (Å²) in [6.45, 7) is 8.59. The zero-order valence-corrected chi connectivity index (χ0v) is 20.9. The van der Waals surface area contributed by atoms with Gasteiger partial charge in [0.2, 0.25) is 11.9 Å². The quantitative estimate of drug-likeness (QED) is 0.645. The molecule has 4 aliphatic rings. The van der Waals surface area contributed by atoms with Gasteiger partial charge in [-0.3, -0.25) is 0 Å². The Morgan fingerprint density at radius 1 is 1.11 bits per heavy atom. The molecule has 0 bridgehead atoms. The summed E-state index contributed by atoms with van der Waals surface area (Å²) in [6.07, 6.45) is 5.32. The fourth-order valence-electron chi connectivity index (χ4n) is 5.65. The van der Waals surface area contributed by atoms with Gasteiger partial charge in [0.15, 0.2) is 0 Å². The number of urea groups is 1. The molecule has 0 unspecified atom stereocenters. The maximum absolute atomic E-state index is 13.1. The molecule has 192 valence electrons. The second-order valence-corrected chi connectivity index (χ2v) is 10.2. The Kier molecular flexibility index (Phi) is 5.79. The number of nitrogens with zero attached hydrogens (tertiary/aromatic N) is 8. The Morgan fingerprint density at radius 3 is 2.58 bits per heavy atom. The summed E-state index contributed by atoms with van der Waals surface area (Å²) >= 11 is 0. The first-order valence-electron chi connectivity index (χ1n) is 12.6. The number of fused-ring (bicyclic) bond motifs is 1. The molecule has 0 saturated carbocycles. The number of likely N-dealkylation sites (tertiary alicyclic amines) is 2. The van der Waals surface area contributed by atoms with E-state index in [4.69, 9.17) is 25.2 Å². The minimum atomic E-state index is -0.210. The zero-order valence-electron chi connectivity index (χ0n) is 20.9. The second-order valence-electron chi connectivity index (χ2n) is 10.2. The van der Waals surface area contributed by atoms with E-state index in [0.717, 1.165) is 61.7 Å². The predicted molar refractivity (Wildman–Crippen MR) is 134 cm³/mol. The Bertz CT molecular complexity index is 1130. The highest BCUT2D eigenvalue weighted by molar-refractivity contribution is 5.77. The fraction of sp³-hybridized carbons (Fsp3) is 0.625. The summed E-state index contributed by atoms with van der Waals surface area (Å²) in [4.78, 5) is 40.0. The summed E-state index contributed by atoms with van der Waals surface area (Å²) in [5, 5.41) is 0. The Hall–Kier alpha value is -3.25. The number of methoxy groups -OCH3 is 1. The number of morpholine rings is 1. The fourth-order valence-corrected chi connectivity index (χ4v) is 5.65. The number of aromatic nitrogens is 4. The molecule has 0 aliphatic carbocycles. The van der Waals surface area contributed by atoms with E-state index in [9.17, 15) is 4.79 Å². The van der Waals surface area contributed by atoms with Crippen LogP contribution in [0.4, 0.5) is 22.5 Å². The van der Waals surface area contributed by atoms with Crippen LogP contribution >= 0.6 is 0 Å². The van der Waals surface area contributed by atoms with Gasteiger partial charge in [0, 0.05) is 63.4 Å². The molecular weight excluding hydrogens is 462 g/mol. The van der Waals surface area contributed by atoms with Gasteiger partial charge in [0.1, 0.15) is 5.82 Å². The molecule has 6 rings (SSSR count). The number of rotatable bonds is 4. The van der Waals surface area contributed by atoms with Gasteiger partial charge >= 0.3 is 6.03 Å². The van der Waals surface area contributed by atoms with Crippen molar-refractivity contribution in [2.24, 2.45) is 0 Å². The summed E-state index contributed by atoms with van der Waals surface area (Å²) in [5.74, 6) is 1.87. The molecule has 2 N–H and O–H groups in total. The van der Waals surface area contributed by atoms with Gasteiger partial charge in [-0.15, -0.1) is 0 Å². The second kappa shape index (κ2) is 9.00. The van der Waals surface area contributed by atoms with Crippen LogP contribution in [0.1, 0.15) is 18.9 Å². The van der Waals surface area contributed by atoms with Crippen molar-refractivity contribution in [1.82, 2.24) is 29.7 Å². The molecule has 0 radical (unpaired) electrons. The molecule has 0 spiro atoms. The summed E-state index contributed by atoms with van der Waals surface area (Å²) in [6, 6.07) is 0.0999. The first-order valence-corrected chi connectivity index (χ1v) is 12.6. The van der Waals surface area contributed by atoms with Crippen molar-refractivity contribution in [3.63, 3.8) is 0 Å². The predicted octanol–water partition coefficient (Wildman–Crippen LogP) is 0.630. The smallest absolute Gasteiger partial charge is 0.320 e. The molecule has 2 aromatic heterocycles. The van der Waals surface area contributed by atoms with Gasteiger partial charge in [-0.2, -0.15) is 4.98 Å². The van der Waals surface area contributed by atoms with Crippen molar-refractivity contribution >= 4 is 23.7 Å². The molecule has 3 fully saturated rings. The number of anilines is 3. The van der Waals surface area contributed by atoms with E-state index in [1.165, 1.54) is 0 Å². The van der Waals surface area contributed by atoms with Gasteiger partial charge in [-0.1, -0.05) is 0 Å². The number of nitrogens with two attached hydrogens (primary N) is 1. The lowest BCUT2D eigenvalue weighted by molar-refractivity contribution is -0.0145. The average molecular weight is 496 g/mol. The van der Waals surface area contributed by atoms with Gasteiger partial charge < -0.3 is 34.8 Å². The lowest BCUT2D eigenvalue weighted by Crippen LogP contribution is -2.58. The third-order valence-corrected chi connectivity index (χ3v) is 7.88. The Labute approximate surface area is 210 Å². The average Bonchev–Trinajstić information content (AvgIpc) is 3.49. The van der Waals surface area contributed by atoms with E-state index < -0.39 is 0 Å². The van der Waals surface area contributed by atoms with E-state index in [1.807, 2.05) is 9.80 Å². The van der Waals surface area contributed by atoms with E-state index in [2.05, 4.69) is 26.7 Å². The minimum absolute atomic E-state index is 0.0999. The van der Waals surface area contributed by atoms with E-state index in [0.29, 0.717) is 38.8 Å². The summed E-state index contributed by atoms with van der Waals surface area (Å²) in [7, 11) is 1.70. The number of ether oxygens (including phenoxy) is 2. The minimum Gasteiger partial charge on any atom is -0.378 e. The third kappa shape index (κ3) is 3.97. The SMILES string of the molecule is COC1CN(C(=O)N2CC[C@@](C)(N3CCc4c(-c5cnc(N)nc5)nc(N5CCOCC5)nc43)C2)C1. The molecule has 0 aromatic carbocycles. The van der Waals surface area contributed by atoms with E-state index in [1.54, 1.807) is 19.5 Å². The topological polar surface area (TPSA) is 126 Å². The zero-order chi connectivity index (χ0) is 24.9. The molecular formula is C24H33N9O3. The van der Waals surface area contributed by atoms with Crippen LogP contribution in [0.2, 0.25) is 0 Å². The number of amides is 2. The highest BCUT2D eigenvalue weighted by atomic mass is 16.5. The number of carbonyl (C=O) groups excluding carboxylic acids is 1. The standard InChI is InChI=1S/C24H33N9O3/c1-24(4-6-31(15-24)23(34)32-13-17(14-32)35-2)33-5-3-18-19(16-11-26-21(25)27-12-16)28-22(29-20(18)33)30-7-9-36-10-8-30/h11-12,17H,3-10,13-15H2,1-2H3,(H2,25,26,27)/t24-/m1/s1. The van der Waals surface area contributed by atoms with Crippen molar-refractivity contribution in [3.05, 3.63) is 18.0 Å². The molecule has 2 aromatic rings. The largest absolute Gasteiger partial charge is 0.378 e. The Balaban J connectivity index is 1.31. The molecule has 6 heterocycles. The Morgan fingerprint density at radius 2 is 1.86 bits per heavy atom. The van der Waals surface area contributed by atoms with Crippen LogP contribution in [0.15, 0.2) is 12.4 Å². The van der Waals surface area contributed by atoms with Crippen LogP contribution in [-0.2, 0) is 15.9 Å². The number of carbonyl (C=O) groups is 1. The van der Waals surface area contributed by atoms with Crippen LogP contribution in [0.5, 0.6) is 0 Å². The van der Waals surface area contributed by atoms with Crippen LogP contribution < -0.4 is 15.5 Å². The van der Waals surface area contributed by atoms with Crippen LogP contribution in [0.25, 0.3) is 11.3 Å². The molecule has 2 amide bonds. The highest BCUT2D eigenvalue weighted by Gasteiger charge is 2.46. The molecule has 36 heavy (non-hydrogen) atoms. The number of hydrogen-bond donors (Lipinski definition) is 1. The van der Waals surface area contributed by atoms with E-state index >= 15 is 0 Å². The van der Waals surface area contributed by atoms with Crippen LogP contribution in [0, 0.1) is 0 Å². The molecule has 12 heteroatoms. The van der Waals surface area contributed by atoms with Crippen molar-refractivity contribution < 1.29 is 14.3 Å². The number of nitrogen functional groups attached to an aromatic ring is 1. The monoisotopic (exact) mass is 495 g/mol. The lowest BCUT2D eigenvalue weighted by Gasteiger charge is -2.41. The molecule has 1 atom stereocenters. The highest BCUT2D eigenvalue weighted by Crippen LogP contribution is 2.41. The number of hydrogen-bond acceptors (Lipinski definition) is 10. The van der Waals surface area contributed by atoms with Crippen molar-refractivity contribution in [2.75, 3.05) is 81.7 Å². The van der Waals surface area contributed by atoms with Crippen LogP contribution in [-0.4, -0.2) is 114 Å². The normalized spacial score (nSPS) is 24.3. The first kappa shape index (κ1) is 23.2. The van der Waals surface area contributed by atoms with Gasteiger partial charge in [0.05, 0.1) is 43.6 Å². The first-order chi connectivity index (χ1) is 17.4. The maximum Gasteiger partial charge on any atom is 0.320 e. The molecule has 12 nitrogen and oxygen atoms in total. The van der Waals surface area contributed by atoms with Crippen molar-refractivity contribution in [3.8, 4) is 11.3 Å². The molecule has 3 saturated heterocycles. The van der Waals surface area contributed by atoms with Gasteiger partial charge in [0.25, 0.3) is 0 Å². The molecule has 4 aliphatic heterocycles. The van der Waals surface area contributed by atoms with Crippen LogP contribution in [0.3, 0.4) is 0 Å². The van der Waals surface area contributed by atoms with Gasteiger partial charge in [-0.05, 0) is 19.8 Å². The van der Waals surface area contributed by atoms with Crippen molar-refractivity contribution in [2.45, 2.75) is 31.4 Å².